The number of hydrogen-bond acceptors (Lipinski definition) is 1. The van der Waals surface area contributed by atoms with Gasteiger partial charge >= 0.3 is 0 Å². The van der Waals surface area contributed by atoms with Crippen LogP contribution in [0.2, 0.25) is 0 Å². The first-order valence-electron chi connectivity index (χ1n) is 6.95. The number of fused-ring (bicyclic) bond motifs is 3. The molecule has 0 bridgehead atoms. The van der Waals surface area contributed by atoms with Crippen LogP contribution in [0.1, 0.15) is 25.3 Å². The van der Waals surface area contributed by atoms with Gasteiger partial charge in [-0.15, -0.1) is 0 Å². The van der Waals surface area contributed by atoms with Crippen molar-refractivity contribution >= 4 is 21.8 Å². The van der Waals surface area contributed by atoms with Crippen molar-refractivity contribution in [2.24, 2.45) is 0 Å². The summed E-state index contributed by atoms with van der Waals surface area (Å²) in [5.74, 6) is 0. The Labute approximate surface area is 113 Å². The number of unbranched alkanes of at least 4 members (excludes halogenated alkanes) is 1. The second-order valence-corrected chi connectivity index (χ2v) is 4.96. The molecule has 3 aromatic rings. The lowest BCUT2D eigenvalue weighted by Gasteiger charge is -2.03. The minimum atomic E-state index is 0.700. The van der Waals surface area contributed by atoms with Crippen molar-refractivity contribution in [1.29, 1.82) is 0 Å². The Morgan fingerprint density at radius 2 is 1.84 bits per heavy atom. The van der Waals surface area contributed by atoms with Crippen molar-refractivity contribution in [3.05, 3.63) is 48.0 Å². The average Bonchev–Trinajstić information content (AvgIpc) is 2.81. The molecule has 0 amide bonds. The minimum absolute atomic E-state index is 0.700. The van der Waals surface area contributed by atoms with E-state index in [9.17, 15) is 0 Å². The van der Waals surface area contributed by atoms with E-state index in [1.807, 2.05) is 0 Å². The second kappa shape index (κ2) is 5.45. The highest BCUT2D eigenvalue weighted by molar-refractivity contribution is 6.07. The van der Waals surface area contributed by atoms with Crippen LogP contribution in [0.25, 0.3) is 21.8 Å². The SMILES string of the molecule is CCCCOCc1ccc2c(c1)[nH]c1ccccc12. The van der Waals surface area contributed by atoms with Crippen LogP contribution in [0, 0.1) is 0 Å². The Balaban J connectivity index is 1.86. The van der Waals surface area contributed by atoms with Gasteiger partial charge in [0.05, 0.1) is 6.61 Å². The Kier molecular flexibility index (Phi) is 3.51. The molecule has 1 heterocycles. The van der Waals surface area contributed by atoms with Crippen LogP contribution in [0.4, 0.5) is 0 Å². The van der Waals surface area contributed by atoms with Gasteiger partial charge in [-0.1, -0.05) is 43.7 Å². The fourth-order valence-electron chi connectivity index (χ4n) is 2.43. The van der Waals surface area contributed by atoms with Crippen molar-refractivity contribution in [3.63, 3.8) is 0 Å². The molecule has 0 fully saturated rings. The van der Waals surface area contributed by atoms with Crippen LogP contribution in [0.3, 0.4) is 0 Å². The topological polar surface area (TPSA) is 25.0 Å². The third kappa shape index (κ3) is 2.49. The van der Waals surface area contributed by atoms with E-state index >= 15 is 0 Å². The third-order valence-electron chi connectivity index (χ3n) is 3.48. The molecule has 2 nitrogen and oxygen atoms in total. The van der Waals surface area contributed by atoms with Crippen molar-refractivity contribution in [2.45, 2.75) is 26.4 Å². The largest absolute Gasteiger partial charge is 0.377 e. The minimum Gasteiger partial charge on any atom is -0.377 e. The number of benzene rings is 2. The van der Waals surface area contributed by atoms with Crippen LogP contribution in [-0.4, -0.2) is 11.6 Å². The zero-order valence-corrected chi connectivity index (χ0v) is 11.3. The summed E-state index contributed by atoms with van der Waals surface area (Å²) in [7, 11) is 0. The van der Waals surface area contributed by atoms with Gasteiger partial charge in [0, 0.05) is 28.4 Å². The first-order valence-corrected chi connectivity index (χ1v) is 6.95. The first-order chi connectivity index (χ1) is 9.38. The Bertz CT molecular complexity index is 684. The smallest absolute Gasteiger partial charge is 0.0717 e. The van der Waals surface area contributed by atoms with Crippen LogP contribution in [-0.2, 0) is 11.3 Å². The molecule has 2 aromatic carbocycles. The van der Waals surface area contributed by atoms with E-state index in [0.29, 0.717) is 6.61 Å². The van der Waals surface area contributed by atoms with Crippen molar-refractivity contribution in [1.82, 2.24) is 4.98 Å². The maximum atomic E-state index is 5.67. The van der Waals surface area contributed by atoms with Gasteiger partial charge in [-0.05, 0) is 24.1 Å². The number of nitrogens with one attached hydrogen (secondary N) is 1. The zero-order valence-electron chi connectivity index (χ0n) is 11.3. The van der Waals surface area contributed by atoms with Crippen molar-refractivity contribution in [2.75, 3.05) is 6.61 Å². The maximum absolute atomic E-state index is 5.67. The molecule has 98 valence electrons. The number of para-hydroxylation sites is 1. The molecule has 0 aliphatic carbocycles. The zero-order chi connectivity index (χ0) is 13.1. The molecule has 1 N–H and O–H groups in total. The van der Waals surface area contributed by atoms with Gasteiger partial charge < -0.3 is 9.72 Å². The second-order valence-electron chi connectivity index (χ2n) is 4.96. The van der Waals surface area contributed by atoms with E-state index in [2.05, 4.69) is 54.4 Å². The van der Waals surface area contributed by atoms with E-state index in [-0.39, 0.29) is 0 Å². The highest BCUT2D eigenvalue weighted by atomic mass is 16.5. The van der Waals surface area contributed by atoms with Gasteiger partial charge in [0.15, 0.2) is 0 Å². The lowest BCUT2D eigenvalue weighted by molar-refractivity contribution is 0.118. The summed E-state index contributed by atoms with van der Waals surface area (Å²) in [4.78, 5) is 3.46. The summed E-state index contributed by atoms with van der Waals surface area (Å²) in [6, 6.07) is 15.0. The summed E-state index contributed by atoms with van der Waals surface area (Å²) in [6.07, 6.45) is 2.32. The number of hydrogen-bond donors (Lipinski definition) is 1. The summed E-state index contributed by atoms with van der Waals surface area (Å²) in [5.41, 5.74) is 3.62. The van der Waals surface area contributed by atoms with Crippen LogP contribution in [0.5, 0.6) is 0 Å². The number of H-pyrrole nitrogens is 1. The molecular formula is C17H19NO. The van der Waals surface area contributed by atoms with E-state index in [0.717, 1.165) is 13.0 Å². The van der Waals surface area contributed by atoms with Crippen LogP contribution in [0.15, 0.2) is 42.5 Å². The molecule has 0 saturated carbocycles. The third-order valence-corrected chi connectivity index (χ3v) is 3.48. The van der Waals surface area contributed by atoms with Crippen LogP contribution < -0.4 is 0 Å². The normalized spacial score (nSPS) is 11.4. The number of aromatic nitrogens is 1. The molecule has 1 aromatic heterocycles. The molecule has 0 radical (unpaired) electrons. The Morgan fingerprint density at radius 1 is 1.00 bits per heavy atom. The van der Waals surface area contributed by atoms with Gasteiger partial charge in [0.2, 0.25) is 0 Å². The maximum Gasteiger partial charge on any atom is 0.0717 e. The first kappa shape index (κ1) is 12.2. The summed E-state index contributed by atoms with van der Waals surface area (Å²) >= 11 is 0. The lowest BCUT2D eigenvalue weighted by atomic mass is 10.1. The lowest BCUT2D eigenvalue weighted by Crippen LogP contribution is -1.94. The van der Waals surface area contributed by atoms with Gasteiger partial charge in [0.25, 0.3) is 0 Å². The van der Waals surface area contributed by atoms with Gasteiger partial charge in [-0.25, -0.2) is 0 Å². The van der Waals surface area contributed by atoms with E-state index in [4.69, 9.17) is 4.74 Å². The molecule has 0 atom stereocenters. The monoisotopic (exact) mass is 253 g/mol. The quantitative estimate of drug-likeness (QED) is 0.658. The molecule has 2 heteroatoms. The summed E-state index contributed by atoms with van der Waals surface area (Å²) in [5, 5.41) is 2.57. The number of rotatable bonds is 5. The fourth-order valence-corrected chi connectivity index (χ4v) is 2.43. The molecule has 0 spiro atoms. The molecule has 0 aliphatic rings. The van der Waals surface area contributed by atoms with Crippen molar-refractivity contribution < 1.29 is 4.74 Å². The molecule has 0 aliphatic heterocycles. The average molecular weight is 253 g/mol. The van der Waals surface area contributed by atoms with E-state index in [1.165, 1.54) is 33.8 Å². The molecule has 3 rings (SSSR count). The van der Waals surface area contributed by atoms with E-state index in [1.54, 1.807) is 0 Å². The number of ether oxygens (including phenoxy) is 1. The number of aromatic amines is 1. The molecular weight excluding hydrogens is 234 g/mol. The Hall–Kier alpha value is -1.80. The van der Waals surface area contributed by atoms with Gasteiger partial charge in [0.1, 0.15) is 0 Å². The predicted molar refractivity (Wildman–Crippen MR) is 80.4 cm³/mol. The van der Waals surface area contributed by atoms with E-state index < -0.39 is 0 Å². The standard InChI is InChI=1S/C17H19NO/c1-2-3-10-19-12-13-8-9-15-14-6-4-5-7-16(14)18-17(15)11-13/h4-9,11,18H,2-3,10,12H2,1H3. The van der Waals surface area contributed by atoms with Crippen LogP contribution >= 0.6 is 0 Å². The molecule has 19 heavy (non-hydrogen) atoms. The highest BCUT2D eigenvalue weighted by Gasteiger charge is 2.04. The Morgan fingerprint density at radius 3 is 2.74 bits per heavy atom. The van der Waals surface area contributed by atoms with Gasteiger partial charge in [-0.2, -0.15) is 0 Å². The summed E-state index contributed by atoms with van der Waals surface area (Å²) < 4.78 is 5.67. The van der Waals surface area contributed by atoms with Crippen molar-refractivity contribution in [3.8, 4) is 0 Å². The van der Waals surface area contributed by atoms with Gasteiger partial charge in [-0.3, -0.25) is 0 Å². The highest BCUT2D eigenvalue weighted by Crippen LogP contribution is 2.25. The fraction of sp³-hybridized carbons (Fsp3) is 0.294. The predicted octanol–water partition coefficient (Wildman–Crippen LogP) is 4.64. The molecule has 0 saturated heterocycles. The molecule has 0 unspecified atom stereocenters. The summed E-state index contributed by atoms with van der Waals surface area (Å²) in [6.45, 7) is 3.73.